The first kappa shape index (κ1) is 21.5. The molecule has 1 heterocycles. The molecule has 0 saturated carbocycles. The summed E-state index contributed by atoms with van der Waals surface area (Å²) >= 11 is 0. The van der Waals surface area contributed by atoms with E-state index in [1.165, 1.54) is 9.87 Å². The van der Waals surface area contributed by atoms with Crippen molar-refractivity contribution in [2.45, 2.75) is 32.2 Å². The summed E-state index contributed by atoms with van der Waals surface area (Å²) in [4.78, 5) is 14.6. The molecule has 0 bridgehead atoms. The van der Waals surface area contributed by atoms with Crippen LogP contribution in [0.25, 0.3) is 0 Å². The first-order valence-electron chi connectivity index (χ1n) is 9.88. The summed E-state index contributed by atoms with van der Waals surface area (Å²) in [5, 5.41) is 2.93. The number of carbonyl (C=O) groups is 1. The quantitative estimate of drug-likeness (QED) is 0.786. The SMILES string of the molecule is Cc1ccc(CNC(=O)CN2CCN(S(=O)(=O)c3ccc(C)cc3C)CC2)cc1. The van der Waals surface area contributed by atoms with E-state index in [0.29, 0.717) is 37.6 Å². The maximum Gasteiger partial charge on any atom is 0.243 e. The normalized spacial score (nSPS) is 16.0. The van der Waals surface area contributed by atoms with Crippen molar-refractivity contribution in [3.8, 4) is 0 Å². The van der Waals surface area contributed by atoms with E-state index in [1.54, 1.807) is 6.07 Å². The van der Waals surface area contributed by atoms with Crippen LogP contribution in [0.2, 0.25) is 0 Å². The Kier molecular flexibility index (Phi) is 6.72. The fraction of sp³-hybridized carbons (Fsp3) is 0.409. The molecular formula is C22H29N3O3S. The number of nitrogens with zero attached hydrogens (tertiary/aromatic N) is 2. The van der Waals surface area contributed by atoms with Gasteiger partial charge in [0.25, 0.3) is 0 Å². The zero-order valence-electron chi connectivity index (χ0n) is 17.3. The molecule has 1 amide bonds. The molecule has 0 aromatic heterocycles. The minimum Gasteiger partial charge on any atom is -0.351 e. The average molecular weight is 416 g/mol. The second kappa shape index (κ2) is 9.07. The topological polar surface area (TPSA) is 69.7 Å². The molecule has 0 unspecified atom stereocenters. The molecule has 1 aliphatic heterocycles. The number of aryl methyl sites for hydroxylation is 3. The minimum absolute atomic E-state index is 0.0451. The number of hydrogen-bond acceptors (Lipinski definition) is 4. The highest BCUT2D eigenvalue weighted by atomic mass is 32.2. The number of sulfonamides is 1. The van der Waals surface area contributed by atoms with E-state index in [0.717, 1.165) is 16.7 Å². The van der Waals surface area contributed by atoms with Gasteiger partial charge in [0.05, 0.1) is 11.4 Å². The smallest absolute Gasteiger partial charge is 0.243 e. The summed E-state index contributed by atoms with van der Waals surface area (Å²) in [5.41, 5.74) is 4.06. The van der Waals surface area contributed by atoms with Gasteiger partial charge in [0, 0.05) is 32.7 Å². The predicted octanol–water partition coefficient (Wildman–Crippen LogP) is 2.23. The van der Waals surface area contributed by atoms with Crippen LogP contribution in [-0.2, 0) is 21.4 Å². The second-order valence-corrected chi connectivity index (χ2v) is 9.62. The molecule has 1 aliphatic rings. The highest BCUT2D eigenvalue weighted by Gasteiger charge is 2.30. The van der Waals surface area contributed by atoms with Crippen LogP contribution in [0.5, 0.6) is 0 Å². The molecule has 2 aromatic carbocycles. The lowest BCUT2D eigenvalue weighted by molar-refractivity contribution is -0.122. The molecule has 0 radical (unpaired) electrons. The monoisotopic (exact) mass is 415 g/mol. The standard InChI is InChI=1S/C22H29N3O3S/c1-17-4-7-20(8-5-17)15-23-22(26)16-24-10-12-25(13-11-24)29(27,28)21-9-6-18(2)14-19(21)3/h4-9,14H,10-13,15-16H2,1-3H3,(H,23,26). The third kappa shape index (κ3) is 5.44. The third-order valence-electron chi connectivity index (χ3n) is 5.26. The van der Waals surface area contributed by atoms with Crippen molar-refractivity contribution < 1.29 is 13.2 Å². The Morgan fingerprint density at radius 3 is 2.17 bits per heavy atom. The largest absolute Gasteiger partial charge is 0.351 e. The Balaban J connectivity index is 1.50. The maximum absolute atomic E-state index is 13.0. The second-order valence-electron chi connectivity index (χ2n) is 7.71. The molecule has 3 rings (SSSR count). The Morgan fingerprint density at radius 2 is 1.55 bits per heavy atom. The molecule has 2 aromatic rings. The Morgan fingerprint density at radius 1 is 0.931 bits per heavy atom. The van der Waals surface area contributed by atoms with E-state index in [9.17, 15) is 13.2 Å². The molecule has 0 aliphatic carbocycles. The van der Waals surface area contributed by atoms with Crippen LogP contribution in [0.3, 0.4) is 0 Å². The number of nitrogens with one attached hydrogen (secondary N) is 1. The average Bonchev–Trinajstić information content (AvgIpc) is 2.67. The molecule has 7 heteroatoms. The molecule has 6 nitrogen and oxygen atoms in total. The summed E-state index contributed by atoms with van der Waals surface area (Å²) < 4.78 is 27.4. The Labute approximate surface area is 173 Å². The summed E-state index contributed by atoms with van der Waals surface area (Å²) in [5.74, 6) is -0.0451. The summed E-state index contributed by atoms with van der Waals surface area (Å²) in [7, 11) is -3.51. The van der Waals surface area contributed by atoms with Gasteiger partial charge in [-0.25, -0.2) is 8.42 Å². The van der Waals surface area contributed by atoms with Crippen LogP contribution >= 0.6 is 0 Å². The molecule has 1 fully saturated rings. The molecule has 0 spiro atoms. The van der Waals surface area contributed by atoms with Crippen LogP contribution in [0, 0.1) is 20.8 Å². The highest BCUT2D eigenvalue weighted by molar-refractivity contribution is 7.89. The van der Waals surface area contributed by atoms with Crippen LogP contribution in [-0.4, -0.2) is 56.3 Å². The predicted molar refractivity (Wildman–Crippen MR) is 114 cm³/mol. The van der Waals surface area contributed by atoms with Gasteiger partial charge < -0.3 is 5.32 Å². The molecule has 1 saturated heterocycles. The number of benzene rings is 2. The van der Waals surface area contributed by atoms with Crippen molar-refractivity contribution in [2.24, 2.45) is 0 Å². The number of hydrogen-bond donors (Lipinski definition) is 1. The van der Waals surface area contributed by atoms with Gasteiger partial charge in [-0.3, -0.25) is 9.69 Å². The first-order chi connectivity index (χ1) is 13.8. The van der Waals surface area contributed by atoms with Crippen molar-refractivity contribution in [1.29, 1.82) is 0 Å². The minimum atomic E-state index is -3.51. The van der Waals surface area contributed by atoms with Gasteiger partial charge >= 0.3 is 0 Å². The Bertz CT molecular complexity index is 963. The fourth-order valence-electron chi connectivity index (χ4n) is 3.52. The molecule has 156 valence electrons. The van der Waals surface area contributed by atoms with E-state index in [-0.39, 0.29) is 12.5 Å². The highest BCUT2D eigenvalue weighted by Crippen LogP contribution is 2.22. The summed E-state index contributed by atoms with van der Waals surface area (Å²) in [6.07, 6.45) is 0. The van der Waals surface area contributed by atoms with Gasteiger partial charge in [0.2, 0.25) is 15.9 Å². The number of amides is 1. The van der Waals surface area contributed by atoms with E-state index in [1.807, 2.05) is 62.1 Å². The van der Waals surface area contributed by atoms with Crippen LogP contribution < -0.4 is 5.32 Å². The fourth-order valence-corrected chi connectivity index (χ4v) is 5.15. The van der Waals surface area contributed by atoms with E-state index < -0.39 is 10.0 Å². The van der Waals surface area contributed by atoms with Gasteiger partial charge in [0.15, 0.2) is 0 Å². The zero-order chi connectivity index (χ0) is 21.0. The number of carbonyl (C=O) groups excluding carboxylic acids is 1. The number of rotatable bonds is 6. The molecule has 1 N–H and O–H groups in total. The zero-order valence-corrected chi connectivity index (χ0v) is 18.1. The summed E-state index contributed by atoms with van der Waals surface area (Å²) in [6, 6.07) is 13.5. The lowest BCUT2D eigenvalue weighted by atomic mass is 10.1. The van der Waals surface area contributed by atoms with Gasteiger partial charge in [-0.2, -0.15) is 4.31 Å². The van der Waals surface area contributed by atoms with Gasteiger partial charge in [-0.15, -0.1) is 0 Å². The summed E-state index contributed by atoms with van der Waals surface area (Å²) in [6.45, 7) is 8.46. The van der Waals surface area contributed by atoms with E-state index in [2.05, 4.69) is 5.32 Å². The van der Waals surface area contributed by atoms with Crippen LogP contribution in [0.4, 0.5) is 0 Å². The van der Waals surface area contributed by atoms with E-state index in [4.69, 9.17) is 0 Å². The van der Waals surface area contributed by atoms with Crippen LogP contribution in [0.1, 0.15) is 22.3 Å². The first-order valence-corrected chi connectivity index (χ1v) is 11.3. The van der Waals surface area contributed by atoms with Crippen molar-refractivity contribution >= 4 is 15.9 Å². The maximum atomic E-state index is 13.0. The van der Waals surface area contributed by atoms with Crippen molar-refractivity contribution in [3.63, 3.8) is 0 Å². The van der Waals surface area contributed by atoms with Crippen molar-refractivity contribution in [1.82, 2.24) is 14.5 Å². The van der Waals surface area contributed by atoms with Gasteiger partial charge in [-0.05, 0) is 38.0 Å². The van der Waals surface area contributed by atoms with Gasteiger partial charge in [0.1, 0.15) is 0 Å². The van der Waals surface area contributed by atoms with E-state index >= 15 is 0 Å². The number of piperazine rings is 1. The third-order valence-corrected chi connectivity index (χ3v) is 7.32. The lowest BCUT2D eigenvalue weighted by Crippen LogP contribution is -2.51. The molecule has 0 atom stereocenters. The van der Waals surface area contributed by atoms with Crippen molar-refractivity contribution in [3.05, 3.63) is 64.7 Å². The molecular weight excluding hydrogens is 386 g/mol. The van der Waals surface area contributed by atoms with Crippen LogP contribution in [0.15, 0.2) is 47.4 Å². The molecule has 29 heavy (non-hydrogen) atoms. The lowest BCUT2D eigenvalue weighted by Gasteiger charge is -2.33. The van der Waals surface area contributed by atoms with Gasteiger partial charge in [-0.1, -0.05) is 47.5 Å². The Hall–Kier alpha value is -2.22. The van der Waals surface area contributed by atoms with Crippen molar-refractivity contribution in [2.75, 3.05) is 32.7 Å².